The number of rotatable bonds is 4. The number of carboxylic acid groups (broad SMARTS) is 1. The molecular formula is C15H15NO2. The zero-order valence-electron chi connectivity index (χ0n) is 10.1. The lowest BCUT2D eigenvalue weighted by Gasteiger charge is -2.11. The first-order valence-corrected chi connectivity index (χ1v) is 5.81. The van der Waals surface area contributed by atoms with Crippen molar-refractivity contribution in [2.45, 2.75) is 13.0 Å². The van der Waals surface area contributed by atoms with E-state index in [9.17, 15) is 4.79 Å². The van der Waals surface area contributed by atoms with Crippen LogP contribution in [-0.2, 0) is 4.79 Å². The highest BCUT2D eigenvalue weighted by molar-refractivity contribution is 5.77. The summed E-state index contributed by atoms with van der Waals surface area (Å²) in [7, 11) is 0. The maximum absolute atomic E-state index is 10.7. The molecule has 0 fully saturated rings. The Labute approximate surface area is 106 Å². The summed E-state index contributed by atoms with van der Waals surface area (Å²) < 4.78 is 0. The lowest BCUT2D eigenvalue weighted by atomic mass is 10.1. The van der Waals surface area contributed by atoms with Crippen LogP contribution < -0.4 is 5.32 Å². The molecule has 0 aromatic heterocycles. The molecule has 0 saturated heterocycles. The third kappa shape index (κ3) is 2.88. The zero-order valence-corrected chi connectivity index (χ0v) is 10.1. The summed E-state index contributed by atoms with van der Waals surface area (Å²) in [5.41, 5.74) is 3.07. The molecule has 0 spiro atoms. The van der Waals surface area contributed by atoms with Crippen LogP contribution in [0.15, 0.2) is 54.6 Å². The van der Waals surface area contributed by atoms with Crippen LogP contribution >= 0.6 is 0 Å². The predicted octanol–water partition coefficient (Wildman–Crippen LogP) is 3.24. The smallest absolute Gasteiger partial charge is 0.325 e. The van der Waals surface area contributed by atoms with E-state index in [1.54, 1.807) is 6.92 Å². The molecule has 92 valence electrons. The molecule has 3 heteroatoms. The van der Waals surface area contributed by atoms with Crippen molar-refractivity contribution >= 4 is 11.7 Å². The van der Waals surface area contributed by atoms with Gasteiger partial charge in [-0.2, -0.15) is 0 Å². The molecule has 0 aliphatic heterocycles. The number of anilines is 1. The van der Waals surface area contributed by atoms with Gasteiger partial charge in [0.05, 0.1) is 0 Å². The van der Waals surface area contributed by atoms with Gasteiger partial charge < -0.3 is 10.4 Å². The van der Waals surface area contributed by atoms with Crippen molar-refractivity contribution in [1.29, 1.82) is 0 Å². The van der Waals surface area contributed by atoms with Crippen molar-refractivity contribution in [3.63, 3.8) is 0 Å². The molecule has 0 amide bonds. The van der Waals surface area contributed by atoms with Crippen molar-refractivity contribution < 1.29 is 9.90 Å². The van der Waals surface area contributed by atoms with E-state index in [-0.39, 0.29) is 0 Å². The Morgan fingerprint density at radius 3 is 2.11 bits per heavy atom. The number of benzene rings is 2. The fourth-order valence-corrected chi connectivity index (χ4v) is 1.70. The SMILES string of the molecule is C[C@@H](Nc1ccc(-c2ccccc2)cc1)C(=O)O. The van der Waals surface area contributed by atoms with Gasteiger partial charge in [-0.15, -0.1) is 0 Å². The minimum absolute atomic E-state index is 0.590. The molecule has 0 aliphatic rings. The molecule has 2 aromatic carbocycles. The van der Waals surface area contributed by atoms with Crippen LogP contribution in [0.25, 0.3) is 11.1 Å². The Kier molecular flexibility index (Phi) is 3.63. The van der Waals surface area contributed by atoms with Crippen LogP contribution in [-0.4, -0.2) is 17.1 Å². The first-order valence-electron chi connectivity index (χ1n) is 5.81. The fraction of sp³-hybridized carbons (Fsp3) is 0.133. The standard InChI is InChI=1S/C15H15NO2/c1-11(15(17)18)16-14-9-7-13(8-10-14)12-5-3-2-4-6-12/h2-11,16H,1H3,(H,17,18)/t11-/m1/s1. The average Bonchev–Trinajstić information content (AvgIpc) is 2.40. The third-order valence-electron chi connectivity index (χ3n) is 2.75. The molecule has 2 aromatic rings. The van der Waals surface area contributed by atoms with Crippen LogP contribution in [0.2, 0.25) is 0 Å². The van der Waals surface area contributed by atoms with Gasteiger partial charge in [0.2, 0.25) is 0 Å². The van der Waals surface area contributed by atoms with Crippen molar-refractivity contribution in [3.8, 4) is 11.1 Å². The summed E-state index contributed by atoms with van der Waals surface area (Å²) in [5.74, 6) is -0.859. The summed E-state index contributed by atoms with van der Waals surface area (Å²) in [5, 5.41) is 11.7. The molecule has 2 rings (SSSR count). The van der Waals surface area contributed by atoms with E-state index in [4.69, 9.17) is 5.11 Å². The van der Waals surface area contributed by atoms with Gasteiger partial charge in [-0.1, -0.05) is 42.5 Å². The fourth-order valence-electron chi connectivity index (χ4n) is 1.70. The number of hydrogen-bond acceptors (Lipinski definition) is 2. The van der Waals surface area contributed by atoms with Crippen LogP contribution in [0.3, 0.4) is 0 Å². The Balaban J connectivity index is 2.13. The van der Waals surface area contributed by atoms with Crippen molar-refractivity contribution in [2.75, 3.05) is 5.32 Å². The quantitative estimate of drug-likeness (QED) is 0.864. The summed E-state index contributed by atoms with van der Waals surface area (Å²) in [6.45, 7) is 1.62. The second kappa shape index (κ2) is 5.36. The molecular weight excluding hydrogens is 226 g/mol. The number of carbonyl (C=O) groups is 1. The highest BCUT2D eigenvalue weighted by atomic mass is 16.4. The van der Waals surface area contributed by atoms with Gasteiger partial charge in [0.1, 0.15) is 6.04 Å². The molecule has 0 heterocycles. The Morgan fingerprint density at radius 2 is 1.56 bits per heavy atom. The minimum atomic E-state index is -0.859. The minimum Gasteiger partial charge on any atom is -0.480 e. The molecule has 1 atom stereocenters. The molecule has 0 saturated carbocycles. The second-order valence-corrected chi connectivity index (χ2v) is 4.15. The summed E-state index contributed by atoms with van der Waals surface area (Å²) in [4.78, 5) is 10.7. The highest BCUT2D eigenvalue weighted by Gasteiger charge is 2.09. The maximum atomic E-state index is 10.7. The monoisotopic (exact) mass is 241 g/mol. The summed E-state index contributed by atoms with van der Waals surface area (Å²) in [6.07, 6.45) is 0. The van der Waals surface area contributed by atoms with Gasteiger partial charge in [0, 0.05) is 5.69 Å². The maximum Gasteiger partial charge on any atom is 0.325 e. The summed E-state index contributed by atoms with van der Waals surface area (Å²) in [6, 6.07) is 17.2. The number of carboxylic acids is 1. The lowest BCUT2D eigenvalue weighted by Crippen LogP contribution is -2.25. The van der Waals surface area contributed by atoms with Gasteiger partial charge in [0.15, 0.2) is 0 Å². The molecule has 0 bridgehead atoms. The van der Waals surface area contributed by atoms with E-state index in [0.717, 1.165) is 16.8 Å². The van der Waals surface area contributed by atoms with E-state index in [1.807, 2.05) is 54.6 Å². The van der Waals surface area contributed by atoms with E-state index in [0.29, 0.717) is 0 Å². The van der Waals surface area contributed by atoms with E-state index in [2.05, 4.69) is 5.32 Å². The topological polar surface area (TPSA) is 49.3 Å². The Morgan fingerprint density at radius 1 is 1.00 bits per heavy atom. The van der Waals surface area contributed by atoms with Gasteiger partial charge in [-0.3, -0.25) is 4.79 Å². The summed E-state index contributed by atoms with van der Waals surface area (Å²) >= 11 is 0. The highest BCUT2D eigenvalue weighted by Crippen LogP contribution is 2.21. The van der Waals surface area contributed by atoms with E-state index >= 15 is 0 Å². The first-order chi connectivity index (χ1) is 8.66. The van der Waals surface area contributed by atoms with E-state index in [1.165, 1.54) is 0 Å². The Bertz CT molecular complexity index is 520. The normalized spacial score (nSPS) is 11.8. The van der Waals surface area contributed by atoms with Gasteiger partial charge >= 0.3 is 5.97 Å². The molecule has 0 radical (unpaired) electrons. The van der Waals surface area contributed by atoms with Gasteiger partial charge in [-0.05, 0) is 30.2 Å². The molecule has 0 aliphatic carbocycles. The molecule has 2 N–H and O–H groups in total. The third-order valence-corrected chi connectivity index (χ3v) is 2.75. The molecule has 0 unspecified atom stereocenters. The number of aliphatic carboxylic acids is 1. The molecule has 18 heavy (non-hydrogen) atoms. The van der Waals surface area contributed by atoms with Crippen molar-refractivity contribution in [2.24, 2.45) is 0 Å². The van der Waals surface area contributed by atoms with Crippen LogP contribution in [0.5, 0.6) is 0 Å². The number of nitrogens with one attached hydrogen (secondary N) is 1. The van der Waals surface area contributed by atoms with Gasteiger partial charge in [-0.25, -0.2) is 0 Å². The largest absolute Gasteiger partial charge is 0.480 e. The lowest BCUT2D eigenvalue weighted by molar-refractivity contribution is -0.137. The van der Waals surface area contributed by atoms with Crippen molar-refractivity contribution in [1.82, 2.24) is 0 Å². The van der Waals surface area contributed by atoms with Gasteiger partial charge in [0.25, 0.3) is 0 Å². The van der Waals surface area contributed by atoms with Crippen molar-refractivity contribution in [3.05, 3.63) is 54.6 Å². The first kappa shape index (κ1) is 12.2. The average molecular weight is 241 g/mol. The predicted molar refractivity (Wildman–Crippen MR) is 72.6 cm³/mol. The number of hydrogen-bond donors (Lipinski definition) is 2. The van der Waals surface area contributed by atoms with E-state index < -0.39 is 12.0 Å². The Hall–Kier alpha value is -2.29. The zero-order chi connectivity index (χ0) is 13.0. The molecule has 3 nitrogen and oxygen atoms in total. The van der Waals surface area contributed by atoms with Crippen LogP contribution in [0, 0.1) is 0 Å². The van der Waals surface area contributed by atoms with Crippen LogP contribution in [0.1, 0.15) is 6.92 Å². The second-order valence-electron chi connectivity index (χ2n) is 4.15. The van der Waals surface area contributed by atoms with Crippen LogP contribution in [0.4, 0.5) is 5.69 Å².